The van der Waals surface area contributed by atoms with Crippen LogP contribution < -0.4 is 0 Å². The molecule has 0 radical (unpaired) electrons. The number of aryl methyl sites for hydroxylation is 1. The minimum absolute atomic E-state index is 0.0687. The number of nitro groups is 1. The number of halogens is 1. The number of nitrogens with zero attached hydrogens (tertiary/aromatic N) is 3. The van der Waals surface area contributed by atoms with Crippen molar-refractivity contribution in [1.82, 2.24) is 4.57 Å². The molecule has 0 fully saturated rings. The van der Waals surface area contributed by atoms with E-state index in [2.05, 4.69) is 4.99 Å². The van der Waals surface area contributed by atoms with E-state index in [1.165, 1.54) is 6.07 Å². The lowest BCUT2D eigenvalue weighted by molar-refractivity contribution is -0.384. The Morgan fingerprint density at radius 3 is 2.60 bits per heavy atom. The summed E-state index contributed by atoms with van der Waals surface area (Å²) in [7, 11) is 0. The Labute approximate surface area is 150 Å². The van der Waals surface area contributed by atoms with Crippen molar-refractivity contribution in [3.05, 3.63) is 86.7 Å². The highest BCUT2D eigenvalue weighted by molar-refractivity contribution is 6.30. The van der Waals surface area contributed by atoms with Crippen molar-refractivity contribution in [3.8, 4) is 5.69 Å². The largest absolute Gasteiger partial charge is 0.318 e. The van der Waals surface area contributed by atoms with Gasteiger partial charge in [-0.25, -0.2) is 0 Å². The summed E-state index contributed by atoms with van der Waals surface area (Å²) < 4.78 is 1.98. The Kier molecular flexibility index (Phi) is 4.67. The average Bonchev–Trinajstić information content (AvgIpc) is 2.87. The van der Waals surface area contributed by atoms with Crippen LogP contribution in [0.4, 0.5) is 11.4 Å². The fraction of sp³-hybridized carbons (Fsp3) is 0.105. The predicted molar refractivity (Wildman–Crippen MR) is 101 cm³/mol. The average molecular weight is 354 g/mol. The van der Waals surface area contributed by atoms with E-state index < -0.39 is 0 Å². The highest BCUT2D eigenvalue weighted by atomic mass is 35.5. The number of hydrogen-bond acceptors (Lipinski definition) is 3. The third-order valence-corrected chi connectivity index (χ3v) is 4.17. The molecule has 0 spiro atoms. The second kappa shape index (κ2) is 6.91. The van der Waals surface area contributed by atoms with Gasteiger partial charge in [0.25, 0.3) is 5.69 Å². The number of rotatable bonds is 4. The molecule has 0 N–H and O–H groups in total. The maximum atomic E-state index is 11.0. The zero-order chi connectivity index (χ0) is 18.0. The van der Waals surface area contributed by atoms with Crippen LogP contribution in [0.15, 0.2) is 59.6 Å². The molecule has 0 aliphatic rings. The maximum absolute atomic E-state index is 11.0. The number of hydrogen-bond donors (Lipinski definition) is 0. The summed E-state index contributed by atoms with van der Waals surface area (Å²) in [6, 6.07) is 15.9. The summed E-state index contributed by atoms with van der Waals surface area (Å²) in [5, 5.41) is 11.6. The minimum Gasteiger partial charge on any atom is -0.318 e. The summed E-state index contributed by atoms with van der Waals surface area (Å²) in [6.07, 6.45) is 1.78. The van der Waals surface area contributed by atoms with Crippen molar-refractivity contribution in [2.45, 2.75) is 13.8 Å². The van der Waals surface area contributed by atoms with E-state index in [1.54, 1.807) is 30.5 Å². The Hall–Kier alpha value is -2.92. The van der Waals surface area contributed by atoms with Gasteiger partial charge in [-0.15, -0.1) is 0 Å². The smallest absolute Gasteiger partial charge is 0.271 e. The zero-order valence-corrected chi connectivity index (χ0v) is 14.6. The topological polar surface area (TPSA) is 60.4 Å². The van der Waals surface area contributed by atoms with Gasteiger partial charge in [0.15, 0.2) is 0 Å². The number of aliphatic imine (C=N–C) groups is 1. The van der Waals surface area contributed by atoms with Crippen molar-refractivity contribution in [2.75, 3.05) is 0 Å². The fourth-order valence-corrected chi connectivity index (χ4v) is 2.95. The second-order valence-electron chi connectivity index (χ2n) is 5.68. The predicted octanol–water partition coefficient (Wildman–Crippen LogP) is 5.41. The van der Waals surface area contributed by atoms with Crippen molar-refractivity contribution < 1.29 is 4.92 Å². The highest BCUT2D eigenvalue weighted by Gasteiger charge is 2.12. The molecule has 126 valence electrons. The first-order valence-corrected chi connectivity index (χ1v) is 8.07. The molecule has 0 atom stereocenters. The van der Waals surface area contributed by atoms with Gasteiger partial charge in [0, 0.05) is 40.3 Å². The number of non-ortho nitro benzene ring substituents is 1. The van der Waals surface area contributed by atoms with E-state index in [1.807, 2.05) is 42.7 Å². The van der Waals surface area contributed by atoms with Crippen LogP contribution in [0, 0.1) is 24.0 Å². The maximum Gasteiger partial charge on any atom is 0.271 e. The molecule has 2 aromatic carbocycles. The van der Waals surface area contributed by atoms with Crippen LogP contribution in [0.1, 0.15) is 17.0 Å². The van der Waals surface area contributed by atoms with Crippen molar-refractivity contribution >= 4 is 29.2 Å². The van der Waals surface area contributed by atoms with Gasteiger partial charge in [0.2, 0.25) is 0 Å². The van der Waals surface area contributed by atoms with Gasteiger partial charge in [-0.05, 0) is 44.2 Å². The van der Waals surface area contributed by atoms with Crippen LogP contribution in [0.25, 0.3) is 5.69 Å². The van der Waals surface area contributed by atoms with Crippen molar-refractivity contribution in [2.24, 2.45) is 4.99 Å². The van der Waals surface area contributed by atoms with Crippen LogP contribution >= 0.6 is 11.6 Å². The molecule has 6 heteroatoms. The lowest BCUT2D eigenvalue weighted by Gasteiger charge is -2.09. The fourth-order valence-electron chi connectivity index (χ4n) is 2.76. The molecule has 1 aromatic heterocycles. The first-order valence-electron chi connectivity index (χ1n) is 7.69. The molecule has 3 rings (SSSR count). The molecule has 0 aliphatic heterocycles. The van der Waals surface area contributed by atoms with Crippen molar-refractivity contribution in [1.29, 1.82) is 0 Å². The Balaban J connectivity index is 1.99. The molecule has 0 bridgehead atoms. The summed E-state index contributed by atoms with van der Waals surface area (Å²) >= 11 is 5.97. The van der Waals surface area contributed by atoms with Crippen LogP contribution in [0.3, 0.4) is 0 Å². The summed E-state index contributed by atoms with van der Waals surface area (Å²) in [5.74, 6) is 0. The Morgan fingerprint density at radius 1 is 1.12 bits per heavy atom. The minimum atomic E-state index is -0.390. The quantitative estimate of drug-likeness (QED) is 0.358. The van der Waals surface area contributed by atoms with E-state index in [9.17, 15) is 10.1 Å². The van der Waals surface area contributed by atoms with Crippen LogP contribution in [0.5, 0.6) is 0 Å². The van der Waals surface area contributed by atoms with E-state index in [0.29, 0.717) is 5.02 Å². The molecule has 1 heterocycles. The molecule has 3 aromatic rings. The molecule has 0 amide bonds. The van der Waals surface area contributed by atoms with Gasteiger partial charge in [0.1, 0.15) is 0 Å². The summed E-state index contributed by atoms with van der Waals surface area (Å²) in [5.41, 5.74) is 4.48. The van der Waals surface area contributed by atoms with Crippen molar-refractivity contribution in [3.63, 3.8) is 0 Å². The molecule has 0 saturated heterocycles. The lowest BCUT2D eigenvalue weighted by Crippen LogP contribution is -2.00. The van der Waals surface area contributed by atoms with Crippen LogP contribution in [-0.4, -0.2) is 15.7 Å². The number of benzene rings is 2. The summed E-state index contributed by atoms with van der Waals surface area (Å²) in [6.45, 7) is 3.92. The Bertz CT molecular complexity index is 977. The third-order valence-electron chi connectivity index (χ3n) is 3.93. The van der Waals surface area contributed by atoms with Gasteiger partial charge in [0.05, 0.1) is 16.3 Å². The van der Waals surface area contributed by atoms with E-state index >= 15 is 0 Å². The van der Waals surface area contributed by atoms with Crippen LogP contribution in [0.2, 0.25) is 5.02 Å². The monoisotopic (exact) mass is 353 g/mol. The molecular formula is C19H16ClN3O2. The third kappa shape index (κ3) is 3.61. The molecule has 0 saturated carbocycles. The van der Waals surface area contributed by atoms with Gasteiger partial charge in [-0.3, -0.25) is 15.1 Å². The van der Waals surface area contributed by atoms with Gasteiger partial charge < -0.3 is 4.57 Å². The summed E-state index contributed by atoms with van der Waals surface area (Å²) in [4.78, 5) is 15.1. The lowest BCUT2D eigenvalue weighted by atomic mass is 10.2. The normalized spacial score (nSPS) is 11.2. The zero-order valence-electron chi connectivity index (χ0n) is 13.8. The van der Waals surface area contributed by atoms with E-state index in [4.69, 9.17) is 11.6 Å². The molecule has 25 heavy (non-hydrogen) atoms. The van der Waals surface area contributed by atoms with Gasteiger partial charge in [-0.2, -0.15) is 0 Å². The highest BCUT2D eigenvalue weighted by Crippen LogP contribution is 2.24. The number of aromatic nitrogens is 1. The molecular weight excluding hydrogens is 338 g/mol. The Morgan fingerprint density at radius 2 is 1.88 bits per heavy atom. The second-order valence-corrected chi connectivity index (χ2v) is 6.11. The first kappa shape index (κ1) is 16.9. The van der Waals surface area contributed by atoms with Crippen LogP contribution in [-0.2, 0) is 0 Å². The molecule has 0 aliphatic carbocycles. The molecule has 5 nitrogen and oxygen atoms in total. The number of nitro benzene ring substituents is 1. The van der Waals surface area contributed by atoms with E-state index in [-0.39, 0.29) is 10.6 Å². The van der Waals surface area contributed by atoms with E-state index in [0.717, 1.165) is 28.3 Å². The standard InChI is InChI=1S/C19H16ClN3O2/c1-13-9-15(12-21-17-6-3-5-16(20)10-17)14(2)22(13)18-7-4-8-19(11-18)23(24)25/h3-12H,1-2H3. The SMILES string of the molecule is Cc1cc(C=Nc2cccc(Cl)c2)c(C)n1-c1cccc([N+](=O)[O-])c1. The molecule has 0 unspecified atom stereocenters. The first-order chi connectivity index (χ1) is 12.0. The van der Waals surface area contributed by atoms with Gasteiger partial charge >= 0.3 is 0 Å². The van der Waals surface area contributed by atoms with Gasteiger partial charge in [-0.1, -0.05) is 23.7 Å².